The summed E-state index contributed by atoms with van der Waals surface area (Å²) in [6.07, 6.45) is -0.991. The summed E-state index contributed by atoms with van der Waals surface area (Å²) >= 11 is 12.1. The number of hydrogen-bond donors (Lipinski definition) is 0. The first-order valence-corrected chi connectivity index (χ1v) is 8.86. The molecule has 2 aromatic rings. The van der Waals surface area contributed by atoms with Crippen molar-refractivity contribution in [3.8, 4) is 11.5 Å². The second kappa shape index (κ2) is 10.0. The summed E-state index contributed by atoms with van der Waals surface area (Å²) < 4.78 is 20.2. The lowest BCUT2D eigenvalue weighted by atomic mass is 10.2. The van der Waals surface area contributed by atoms with Crippen LogP contribution in [0.25, 0.3) is 0 Å². The van der Waals surface area contributed by atoms with Crippen molar-refractivity contribution in [1.29, 1.82) is 0 Å². The van der Waals surface area contributed by atoms with Crippen LogP contribution in [-0.4, -0.2) is 31.9 Å². The molecule has 8 heteroatoms. The van der Waals surface area contributed by atoms with E-state index in [0.29, 0.717) is 5.75 Å². The summed E-state index contributed by atoms with van der Waals surface area (Å²) in [5, 5.41) is -0.0307. The van der Waals surface area contributed by atoms with Crippen LogP contribution in [0.2, 0.25) is 10.0 Å². The zero-order chi connectivity index (χ0) is 19.8. The molecule has 6 nitrogen and oxygen atoms in total. The Bertz CT molecular complexity index is 781. The molecular formula is C19H18Cl2O6. The van der Waals surface area contributed by atoms with E-state index in [2.05, 4.69) is 0 Å². The molecule has 0 atom stereocenters. The van der Waals surface area contributed by atoms with Gasteiger partial charge in [0, 0.05) is 0 Å². The second-order valence-electron chi connectivity index (χ2n) is 5.35. The molecule has 0 aromatic heterocycles. The zero-order valence-electron chi connectivity index (χ0n) is 14.8. The Hall–Kier alpha value is -2.44. The fourth-order valence-corrected chi connectivity index (χ4v) is 2.59. The van der Waals surface area contributed by atoms with E-state index in [-0.39, 0.29) is 41.2 Å². The number of ether oxygens (including phenoxy) is 4. The fraction of sp³-hybridized carbons (Fsp3) is 0.263. The minimum Gasteiger partial charge on any atom is -0.490 e. The summed E-state index contributed by atoms with van der Waals surface area (Å²) in [5.74, 6) is -0.0160. The highest BCUT2D eigenvalue weighted by Crippen LogP contribution is 2.34. The van der Waals surface area contributed by atoms with Crippen LogP contribution in [0.15, 0.2) is 36.4 Å². The molecule has 0 saturated heterocycles. The largest absolute Gasteiger partial charge is 0.514 e. The van der Waals surface area contributed by atoms with Gasteiger partial charge < -0.3 is 18.9 Å². The molecule has 2 aromatic carbocycles. The van der Waals surface area contributed by atoms with Crippen molar-refractivity contribution in [3.05, 3.63) is 57.6 Å². The van der Waals surface area contributed by atoms with Crippen LogP contribution in [0.5, 0.6) is 11.5 Å². The molecule has 0 N–H and O–H groups in total. The van der Waals surface area contributed by atoms with Crippen molar-refractivity contribution in [3.63, 3.8) is 0 Å². The zero-order valence-corrected chi connectivity index (χ0v) is 16.3. The summed E-state index contributed by atoms with van der Waals surface area (Å²) in [4.78, 5) is 23.5. The molecule has 0 fully saturated rings. The normalized spacial score (nSPS) is 10.2. The maximum atomic E-state index is 11.8. The Morgan fingerprint density at radius 3 is 2.19 bits per heavy atom. The predicted octanol–water partition coefficient (Wildman–Crippen LogP) is 5.07. The van der Waals surface area contributed by atoms with Gasteiger partial charge in [-0.1, -0.05) is 40.9 Å². The maximum absolute atomic E-state index is 11.8. The van der Waals surface area contributed by atoms with Crippen molar-refractivity contribution in [2.24, 2.45) is 0 Å². The number of carbonyl (C=O) groups excluding carboxylic acids is 2. The van der Waals surface area contributed by atoms with Crippen LogP contribution in [-0.2, 0) is 9.47 Å². The lowest BCUT2D eigenvalue weighted by Gasteiger charge is -2.11. The van der Waals surface area contributed by atoms with Gasteiger partial charge in [0.25, 0.3) is 0 Å². The molecule has 144 valence electrons. The molecule has 0 bridgehead atoms. The monoisotopic (exact) mass is 412 g/mol. The molecular weight excluding hydrogens is 395 g/mol. The average molecular weight is 413 g/mol. The third-order valence-corrected chi connectivity index (χ3v) is 3.85. The highest BCUT2D eigenvalue weighted by atomic mass is 35.5. The first-order valence-electron chi connectivity index (χ1n) is 8.11. The summed E-state index contributed by atoms with van der Waals surface area (Å²) in [6.45, 7) is 3.99. The van der Waals surface area contributed by atoms with Crippen LogP contribution in [0.4, 0.5) is 4.79 Å². The Morgan fingerprint density at radius 2 is 1.59 bits per heavy atom. The van der Waals surface area contributed by atoms with Crippen LogP contribution >= 0.6 is 23.2 Å². The van der Waals surface area contributed by atoms with Gasteiger partial charge in [-0.05, 0) is 38.1 Å². The SMILES string of the molecule is CCOC(=O)c1cc(Cl)c(OC(=O)OCCOc2ccc(C)cc2)c(Cl)c1. The fourth-order valence-electron chi connectivity index (χ4n) is 2.02. The van der Waals surface area contributed by atoms with E-state index in [1.54, 1.807) is 6.92 Å². The van der Waals surface area contributed by atoms with E-state index in [9.17, 15) is 9.59 Å². The molecule has 0 aliphatic carbocycles. The van der Waals surface area contributed by atoms with Crippen molar-refractivity contribution in [2.45, 2.75) is 13.8 Å². The number of carbonyl (C=O) groups is 2. The van der Waals surface area contributed by atoms with Gasteiger partial charge in [-0.15, -0.1) is 0 Å². The minimum atomic E-state index is -0.991. The number of aryl methyl sites for hydroxylation is 1. The average Bonchev–Trinajstić information content (AvgIpc) is 2.63. The van der Waals surface area contributed by atoms with E-state index in [0.717, 1.165) is 5.56 Å². The standard InChI is InChI=1S/C19H18Cl2O6/c1-3-24-18(22)13-10-15(20)17(16(21)11-13)27-19(23)26-9-8-25-14-6-4-12(2)5-7-14/h4-7,10-11H,3,8-9H2,1-2H3. The third kappa shape index (κ3) is 6.34. The maximum Gasteiger partial charge on any atom is 0.514 e. The van der Waals surface area contributed by atoms with E-state index >= 15 is 0 Å². The third-order valence-electron chi connectivity index (χ3n) is 3.29. The molecule has 0 amide bonds. The summed E-state index contributed by atoms with van der Waals surface area (Å²) in [7, 11) is 0. The van der Waals surface area contributed by atoms with Gasteiger partial charge in [0.05, 0.1) is 22.2 Å². The number of halogens is 2. The highest BCUT2D eigenvalue weighted by Gasteiger charge is 2.18. The van der Waals surface area contributed by atoms with E-state index < -0.39 is 12.1 Å². The van der Waals surface area contributed by atoms with Crippen molar-refractivity contribution < 1.29 is 28.5 Å². The van der Waals surface area contributed by atoms with Crippen LogP contribution in [0.3, 0.4) is 0 Å². The van der Waals surface area contributed by atoms with Gasteiger partial charge in [0.15, 0.2) is 5.75 Å². The van der Waals surface area contributed by atoms with Gasteiger partial charge in [0.2, 0.25) is 0 Å². The molecule has 0 radical (unpaired) electrons. The number of hydrogen-bond acceptors (Lipinski definition) is 6. The van der Waals surface area contributed by atoms with Crippen LogP contribution in [0.1, 0.15) is 22.8 Å². The van der Waals surface area contributed by atoms with Crippen LogP contribution < -0.4 is 9.47 Å². The molecule has 0 unspecified atom stereocenters. The molecule has 0 saturated carbocycles. The Morgan fingerprint density at radius 1 is 0.963 bits per heavy atom. The quantitative estimate of drug-likeness (QED) is 0.359. The van der Waals surface area contributed by atoms with Crippen molar-refractivity contribution in [1.82, 2.24) is 0 Å². The van der Waals surface area contributed by atoms with Gasteiger partial charge in [-0.3, -0.25) is 0 Å². The predicted molar refractivity (Wildman–Crippen MR) is 101 cm³/mol. The smallest absolute Gasteiger partial charge is 0.490 e. The lowest BCUT2D eigenvalue weighted by Crippen LogP contribution is -2.16. The molecule has 0 aliphatic heterocycles. The Kier molecular flexibility index (Phi) is 7.76. The minimum absolute atomic E-state index is 0.0154. The second-order valence-corrected chi connectivity index (χ2v) is 6.17. The molecule has 27 heavy (non-hydrogen) atoms. The topological polar surface area (TPSA) is 71.1 Å². The summed E-state index contributed by atoms with van der Waals surface area (Å²) in [6, 6.07) is 10.1. The number of benzene rings is 2. The summed E-state index contributed by atoms with van der Waals surface area (Å²) in [5.41, 5.74) is 1.27. The van der Waals surface area contributed by atoms with Crippen molar-refractivity contribution in [2.75, 3.05) is 19.8 Å². The van der Waals surface area contributed by atoms with E-state index in [1.807, 2.05) is 31.2 Å². The molecule has 0 heterocycles. The van der Waals surface area contributed by atoms with Crippen molar-refractivity contribution >= 4 is 35.3 Å². The van der Waals surface area contributed by atoms with Gasteiger partial charge in [-0.2, -0.15) is 0 Å². The van der Waals surface area contributed by atoms with Gasteiger partial charge >= 0.3 is 12.1 Å². The first kappa shape index (κ1) is 20.9. The lowest BCUT2D eigenvalue weighted by molar-refractivity contribution is 0.0526. The number of esters is 1. The number of rotatable bonds is 7. The molecule has 0 aliphatic rings. The van der Waals surface area contributed by atoms with E-state index in [4.69, 9.17) is 42.1 Å². The van der Waals surface area contributed by atoms with E-state index in [1.165, 1.54) is 12.1 Å². The first-order chi connectivity index (χ1) is 12.9. The Labute approximate surface area is 166 Å². The molecule has 2 rings (SSSR count). The molecule has 0 spiro atoms. The highest BCUT2D eigenvalue weighted by molar-refractivity contribution is 6.37. The van der Waals surface area contributed by atoms with Gasteiger partial charge in [-0.25, -0.2) is 9.59 Å². The van der Waals surface area contributed by atoms with Gasteiger partial charge in [0.1, 0.15) is 19.0 Å². The Balaban J connectivity index is 1.86. The van der Waals surface area contributed by atoms with Crippen LogP contribution in [0, 0.1) is 6.92 Å².